The zero-order chi connectivity index (χ0) is 23.8. The summed E-state index contributed by atoms with van der Waals surface area (Å²) in [4.78, 5) is 36.7. The number of ketones is 1. The second kappa shape index (κ2) is 9.24. The van der Waals surface area contributed by atoms with E-state index in [2.05, 4.69) is 9.97 Å². The third kappa shape index (κ3) is 4.33. The lowest BCUT2D eigenvalue weighted by Gasteiger charge is -2.20. The molecule has 1 aliphatic rings. The summed E-state index contributed by atoms with van der Waals surface area (Å²) in [6.45, 7) is 2.60. The monoisotopic (exact) mass is 493 g/mol. The summed E-state index contributed by atoms with van der Waals surface area (Å²) in [7, 11) is 1.54. The Bertz CT molecular complexity index is 1380. The molecule has 0 bridgehead atoms. The molecule has 4 aromatic rings. The Morgan fingerprint density at radius 1 is 1.26 bits per heavy atom. The Balaban J connectivity index is 1.59. The van der Waals surface area contributed by atoms with Crippen molar-refractivity contribution in [3.05, 3.63) is 75.4 Å². The van der Waals surface area contributed by atoms with Crippen LogP contribution in [0.5, 0.6) is 5.75 Å². The number of halogens is 1. The third-order valence-electron chi connectivity index (χ3n) is 6.19. The average Bonchev–Trinajstić information content (AvgIpc) is 3.38. The van der Waals surface area contributed by atoms with Crippen LogP contribution in [0.25, 0.3) is 10.9 Å². The predicted octanol–water partition coefficient (Wildman–Crippen LogP) is 5.81. The number of fused-ring (bicyclic) bond motifs is 1. The SMILES string of the molecule is COc1ccc2[nH]c(C)c(CC(=O)N(CC3CC3)c3nccs3)c2c1C(=O)c1cccc(Cl)c1. The first-order chi connectivity index (χ1) is 16.5. The van der Waals surface area contributed by atoms with Crippen molar-refractivity contribution in [1.29, 1.82) is 0 Å². The maximum atomic E-state index is 13.7. The Labute approximate surface area is 206 Å². The van der Waals surface area contributed by atoms with Gasteiger partial charge >= 0.3 is 0 Å². The lowest BCUT2D eigenvalue weighted by molar-refractivity contribution is -0.118. The van der Waals surface area contributed by atoms with Crippen LogP contribution < -0.4 is 9.64 Å². The molecule has 34 heavy (non-hydrogen) atoms. The van der Waals surface area contributed by atoms with Gasteiger partial charge in [-0.2, -0.15) is 0 Å². The highest BCUT2D eigenvalue weighted by molar-refractivity contribution is 7.13. The summed E-state index contributed by atoms with van der Waals surface area (Å²) in [5, 5.41) is 3.78. The highest BCUT2D eigenvalue weighted by Crippen LogP contribution is 2.36. The van der Waals surface area contributed by atoms with E-state index in [1.54, 1.807) is 48.5 Å². The molecular formula is C26H24ClN3O3S. The number of H-pyrrole nitrogens is 1. The van der Waals surface area contributed by atoms with Crippen LogP contribution >= 0.6 is 22.9 Å². The molecule has 1 amide bonds. The van der Waals surface area contributed by atoms with Gasteiger partial charge in [-0.15, -0.1) is 11.3 Å². The van der Waals surface area contributed by atoms with E-state index in [4.69, 9.17) is 16.3 Å². The number of thiazole rings is 1. The van der Waals surface area contributed by atoms with Crippen LogP contribution in [0.2, 0.25) is 5.02 Å². The number of amides is 1. The molecule has 0 saturated heterocycles. The van der Waals surface area contributed by atoms with Gasteiger partial charge in [0.05, 0.1) is 19.1 Å². The van der Waals surface area contributed by atoms with Crippen molar-refractivity contribution in [3.63, 3.8) is 0 Å². The van der Waals surface area contributed by atoms with Crippen LogP contribution in [0.4, 0.5) is 5.13 Å². The summed E-state index contributed by atoms with van der Waals surface area (Å²) in [5.41, 5.74) is 3.32. The summed E-state index contributed by atoms with van der Waals surface area (Å²) in [6.07, 6.45) is 4.14. The Hall–Kier alpha value is -3.16. The first-order valence-corrected chi connectivity index (χ1v) is 12.4. The summed E-state index contributed by atoms with van der Waals surface area (Å²) in [5.74, 6) is 0.749. The van der Waals surface area contributed by atoms with E-state index in [0.717, 1.165) is 29.6 Å². The zero-order valence-corrected chi connectivity index (χ0v) is 20.5. The molecule has 0 spiro atoms. The van der Waals surface area contributed by atoms with Crippen LogP contribution in [0, 0.1) is 12.8 Å². The molecule has 5 rings (SSSR count). The van der Waals surface area contributed by atoms with Gasteiger partial charge in [0.1, 0.15) is 5.75 Å². The van der Waals surface area contributed by atoms with Gasteiger partial charge in [0, 0.05) is 45.3 Å². The number of carbonyl (C=O) groups excluding carboxylic acids is 2. The van der Waals surface area contributed by atoms with Crippen LogP contribution in [-0.2, 0) is 11.2 Å². The van der Waals surface area contributed by atoms with E-state index in [9.17, 15) is 9.59 Å². The van der Waals surface area contributed by atoms with Gasteiger partial charge in [-0.05, 0) is 55.5 Å². The average molecular weight is 494 g/mol. The zero-order valence-electron chi connectivity index (χ0n) is 18.9. The molecule has 2 heterocycles. The highest BCUT2D eigenvalue weighted by Gasteiger charge is 2.30. The molecule has 1 fully saturated rings. The number of aromatic amines is 1. The predicted molar refractivity (Wildman–Crippen MR) is 135 cm³/mol. The fraction of sp³-hybridized carbons (Fsp3) is 0.269. The maximum Gasteiger partial charge on any atom is 0.233 e. The number of nitrogens with one attached hydrogen (secondary N) is 1. The standard InChI is InChI=1S/C26H24ClN3O3S/c1-15-19(13-22(31)30(14-16-6-7-16)26-28-10-11-34-26)23-20(29-15)8-9-21(33-2)24(23)25(32)17-4-3-5-18(27)12-17/h3-5,8-12,16,29H,6-7,13-14H2,1-2H3. The molecule has 0 radical (unpaired) electrons. The van der Waals surface area contributed by atoms with E-state index < -0.39 is 0 Å². The van der Waals surface area contributed by atoms with E-state index in [-0.39, 0.29) is 18.1 Å². The molecular weight excluding hydrogens is 470 g/mol. The van der Waals surface area contributed by atoms with Gasteiger partial charge in [0.25, 0.3) is 0 Å². The normalized spacial score (nSPS) is 13.3. The van der Waals surface area contributed by atoms with Crippen molar-refractivity contribution in [1.82, 2.24) is 9.97 Å². The van der Waals surface area contributed by atoms with Crippen molar-refractivity contribution in [2.45, 2.75) is 26.2 Å². The summed E-state index contributed by atoms with van der Waals surface area (Å²) in [6, 6.07) is 10.5. The second-order valence-corrected chi connectivity index (χ2v) is 9.88. The third-order valence-corrected chi connectivity index (χ3v) is 7.22. The number of hydrogen-bond acceptors (Lipinski definition) is 5. The minimum atomic E-state index is -0.201. The van der Waals surface area contributed by atoms with Gasteiger partial charge in [-0.3, -0.25) is 14.5 Å². The van der Waals surface area contributed by atoms with Crippen molar-refractivity contribution in [3.8, 4) is 5.75 Å². The van der Waals surface area contributed by atoms with Gasteiger partial charge in [-0.1, -0.05) is 23.7 Å². The molecule has 2 aromatic carbocycles. The molecule has 8 heteroatoms. The second-order valence-electron chi connectivity index (χ2n) is 8.57. The highest BCUT2D eigenvalue weighted by atomic mass is 35.5. The molecule has 1 saturated carbocycles. The van der Waals surface area contributed by atoms with Crippen molar-refractivity contribution >= 4 is 50.7 Å². The van der Waals surface area contributed by atoms with Crippen LogP contribution in [0.15, 0.2) is 48.0 Å². The number of ether oxygens (including phenoxy) is 1. The number of anilines is 1. The molecule has 2 aromatic heterocycles. The molecule has 0 atom stereocenters. The van der Waals surface area contributed by atoms with Crippen molar-refractivity contribution < 1.29 is 14.3 Å². The van der Waals surface area contributed by atoms with E-state index in [1.807, 2.05) is 18.4 Å². The fourth-order valence-electron chi connectivity index (χ4n) is 4.30. The quantitative estimate of drug-likeness (QED) is 0.314. The maximum absolute atomic E-state index is 13.7. The minimum Gasteiger partial charge on any atom is -0.496 e. The number of benzene rings is 2. The minimum absolute atomic E-state index is 0.0326. The largest absolute Gasteiger partial charge is 0.496 e. The number of hydrogen-bond donors (Lipinski definition) is 1. The van der Waals surface area contributed by atoms with Gasteiger partial charge in [0.2, 0.25) is 5.91 Å². The lowest BCUT2D eigenvalue weighted by Crippen LogP contribution is -2.34. The van der Waals surface area contributed by atoms with E-state index in [0.29, 0.717) is 44.9 Å². The number of nitrogens with zero attached hydrogens (tertiary/aromatic N) is 2. The number of carbonyl (C=O) groups is 2. The first kappa shape index (κ1) is 22.6. The fourth-order valence-corrected chi connectivity index (χ4v) is 5.16. The van der Waals surface area contributed by atoms with Crippen molar-refractivity contribution in [2.75, 3.05) is 18.6 Å². The van der Waals surface area contributed by atoms with Crippen LogP contribution in [-0.4, -0.2) is 35.3 Å². The van der Waals surface area contributed by atoms with Crippen LogP contribution in [0.3, 0.4) is 0 Å². The molecule has 6 nitrogen and oxygen atoms in total. The topological polar surface area (TPSA) is 75.3 Å². The van der Waals surface area contributed by atoms with Gasteiger partial charge < -0.3 is 9.72 Å². The van der Waals surface area contributed by atoms with Gasteiger partial charge in [-0.25, -0.2) is 4.98 Å². The van der Waals surface area contributed by atoms with Gasteiger partial charge in [0.15, 0.2) is 10.9 Å². The summed E-state index contributed by atoms with van der Waals surface area (Å²) < 4.78 is 5.59. The number of aryl methyl sites for hydroxylation is 1. The summed E-state index contributed by atoms with van der Waals surface area (Å²) >= 11 is 7.62. The molecule has 174 valence electrons. The smallest absolute Gasteiger partial charge is 0.233 e. The number of aromatic nitrogens is 2. The first-order valence-electron chi connectivity index (χ1n) is 11.1. The number of rotatable bonds is 8. The van der Waals surface area contributed by atoms with Crippen LogP contribution in [0.1, 0.15) is 40.0 Å². The Kier molecular flexibility index (Phi) is 6.15. The number of methoxy groups -OCH3 is 1. The lowest BCUT2D eigenvalue weighted by atomic mass is 9.95. The molecule has 0 unspecified atom stereocenters. The Morgan fingerprint density at radius 2 is 2.09 bits per heavy atom. The van der Waals surface area contributed by atoms with Crippen molar-refractivity contribution in [2.24, 2.45) is 5.92 Å². The van der Waals surface area contributed by atoms with E-state index in [1.165, 1.54) is 11.3 Å². The molecule has 1 N–H and O–H groups in total. The molecule has 0 aliphatic heterocycles. The Morgan fingerprint density at radius 3 is 2.76 bits per heavy atom. The van der Waals surface area contributed by atoms with E-state index >= 15 is 0 Å². The molecule has 1 aliphatic carbocycles.